The van der Waals surface area contributed by atoms with Crippen molar-refractivity contribution in [1.82, 2.24) is 10.0 Å². The van der Waals surface area contributed by atoms with Crippen molar-refractivity contribution >= 4 is 15.9 Å². The van der Waals surface area contributed by atoms with E-state index in [4.69, 9.17) is 4.74 Å². The Bertz CT molecular complexity index is 836. The third kappa shape index (κ3) is 5.06. The van der Waals surface area contributed by atoms with E-state index >= 15 is 0 Å². The fourth-order valence-corrected chi connectivity index (χ4v) is 3.83. The second kappa shape index (κ2) is 8.82. The van der Waals surface area contributed by atoms with E-state index in [-0.39, 0.29) is 23.3 Å². The highest BCUT2D eigenvalue weighted by Gasteiger charge is 2.28. The molecule has 2 aromatic rings. The first-order valence-corrected chi connectivity index (χ1v) is 9.80. The van der Waals surface area contributed by atoms with Crippen LogP contribution in [0.2, 0.25) is 0 Å². The third-order valence-corrected chi connectivity index (χ3v) is 5.39. The second-order valence-electron chi connectivity index (χ2n) is 6.19. The average molecular weight is 376 g/mol. The van der Waals surface area contributed by atoms with Crippen LogP contribution in [-0.4, -0.2) is 27.5 Å². The Labute approximate surface area is 154 Å². The summed E-state index contributed by atoms with van der Waals surface area (Å²) in [7, 11) is -2.22. The van der Waals surface area contributed by atoms with Crippen LogP contribution >= 0.6 is 0 Å². The minimum Gasteiger partial charge on any atom is -0.496 e. The Morgan fingerprint density at radius 3 is 2.27 bits per heavy atom. The highest BCUT2D eigenvalue weighted by molar-refractivity contribution is 7.89. The van der Waals surface area contributed by atoms with Crippen LogP contribution in [0.4, 0.5) is 0 Å². The summed E-state index contributed by atoms with van der Waals surface area (Å²) in [6, 6.07) is 14.5. The van der Waals surface area contributed by atoms with E-state index in [2.05, 4.69) is 10.0 Å². The van der Waals surface area contributed by atoms with Gasteiger partial charge < -0.3 is 10.1 Å². The molecule has 0 radical (unpaired) electrons. The molecular weight excluding hydrogens is 352 g/mol. The molecule has 0 saturated heterocycles. The molecule has 6 nitrogen and oxygen atoms in total. The lowest BCUT2D eigenvalue weighted by atomic mass is 10.0. The van der Waals surface area contributed by atoms with Gasteiger partial charge in [-0.25, -0.2) is 8.42 Å². The Morgan fingerprint density at radius 2 is 1.65 bits per heavy atom. The maximum atomic E-state index is 12.6. The molecule has 1 amide bonds. The number of ether oxygens (including phenoxy) is 1. The summed E-state index contributed by atoms with van der Waals surface area (Å²) < 4.78 is 32.8. The van der Waals surface area contributed by atoms with Crippen LogP contribution < -0.4 is 14.8 Å². The highest BCUT2D eigenvalue weighted by Crippen LogP contribution is 2.17. The summed E-state index contributed by atoms with van der Waals surface area (Å²) in [5.74, 6) is 0.0651. The molecular formula is C19H24N2O4S. The van der Waals surface area contributed by atoms with Crippen molar-refractivity contribution in [3.8, 4) is 5.75 Å². The Morgan fingerprint density at radius 1 is 1.04 bits per heavy atom. The molecule has 0 aliphatic heterocycles. The Balaban J connectivity index is 2.10. The predicted octanol–water partition coefficient (Wildman–Crippen LogP) is 2.31. The van der Waals surface area contributed by atoms with E-state index in [1.54, 1.807) is 45.2 Å². The molecule has 26 heavy (non-hydrogen) atoms. The first-order valence-electron chi connectivity index (χ1n) is 8.32. The van der Waals surface area contributed by atoms with Gasteiger partial charge in [0.1, 0.15) is 11.8 Å². The van der Waals surface area contributed by atoms with Gasteiger partial charge >= 0.3 is 0 Å². The number of methoxy groups -OCH3 is 1. The fraction of sp³-hybridized carbons (Fsp3) is 0.316. The van der Waals surface area contributed by atoms with Crippen molar-refractivity contribution in [3.63, 3.8) is 0 Å². The maximum Gasteiger partial charge on any atom is 0.241 e. The summed E-state index contributed by atoms with van der Waals surface area (Å²) in [4.78, 5) is 12.7. The van der Waals surface area contributed by atoms with E-state index in [9.17, 15) is 13.2 Å². The van der Waals surface area contributed by atoms with E-state index in [1.165, 1.54) is 12.1 Å². The third-order valence-electron chi connectivity index (χ3n) is 3.93. The van der Waals surface area contributed by atoms with Gasteiger partial charge in [0.15, 0.2) is 0 Å². The number of carbonyl (C=O) groups excluding carboxylic acids is 1. The normalized spacial score (nSPS) is 12.6. The lowest BCUT2D eigenvalue weighted by Crippen LogP contribution is -2.49. The quantitative estimate of drug-likeness (QED) is 0.740. The molecule has 1 atom stereocenters. The van der Waals surface area contributed by atoms with E-state index < -0.39 is 16.1 Å². The van der Waals surface area contributed by atoms with Crippen molar-refractivity contribution in [1.29, 1.82) is 0 Å². The number of benzene rings is 2. The molecule has 0 saturated carbocycles. The molecule has 0 aromatic heterocycles. The average Bonchev–Trinajstić information content (AvgIpc) is 2.65. The molecule has 2 aromatic carbocycles. The minimum absolute atomic E-state index is 0.128. The van der Waals surface area contributed by atoms with Gasteiger partial charge in [0.2, 0.25) is 15.9 Å². The van der Waals surface area contributed by atoms with Crippen molar-refractivity contribution in [3.05, 3.63) is 60.2 Å². The molecule has 0 fully saturated rings. The van der Waals surface area contributed by atoms with E-state index in [0.717, 1.165) is 5.56 Å². The number of rotatable bonds is 8. The maximum absolute atomic E-state index is 12.6. The molecule has 0 unspecified atom stereocenters. The standard InChI is InChI=1S/C19H24N2O4S/c1-14(2)18(21-26(23,24)16-10-5-4-6-11-16)19(22)20-13-15-9-7-8-12-17(15)25-3/h4-12,14,18,21H,13H2,1-3H3,(H,20,22)/t18-/m1/s1. The van der Waals surface area contributed by atoms with Gasteiger partial charge in [-0.05, 0) is 24.1 Å². The van der Waals surface area contributed by atoms with Gasteiger partial charge in [-0.15, -0.1) is 0 Å². The van der Waals surface area contributed by atoms with Crippen LogP contribution in [0.1, 0.15) is 19.4 Å². The summed E-state index contributed by atoms with van der Waals surface area (Å²) in [6.07, 6.45) is 0. The molecule has 0 spiro atoms. The van der Waals surface area contributed by atoms with Crippen LogP contribution in [0.15, 0.2) is 59.5 Å². The summed E-state index contributed by atoms with van der Waals surface area (Å²) in [5, 5.41) is 2.78. The van der Waals surface area contributed by atoms with Crippen LogP contribution in [0.5, 0.6) is 5.75 Å². The van der Waals surface area contributed by atoms with Gasteiger partial charge in [-0.3, -0.25) is 4.79 Å². The molecule has 0 aliphatic rings. The summed E-state index contributed by atoms with van der Waals surface area (Å²) in [5.41, 5.74) is 0.816. The van der Waals surface area contributed by atoms with Crippen molar-refractivity contribution in [2.24, 2.45) is 5.92 Å². The first kappa shape index (κ1) is 19.9. The summed E-state index contributed by atoms with van der Waals surface area (Å²) >= 11 is 0. The number of carbonyl (C=O) groups is 1. The van der Waals surface area contributed by atoms with Crippen LogP contribution in [0.25, 0.3) is 0 Å². The number of amides is 1. The van der Waals surface area contributed by atoms with Crippen molar-refractivity contribution in [2.75, 3.05) is 7.11 Å². The zero-order chi connectivity index (χ0) is 19.2. The molecule has 140 valence electrons. The zero-order valence-corrected chi connectivity index (χ0v) is 15.9. The Hall–Kier alpha value is -2.38. The Kier molecular flexibility index (Phi) is 6.76. The van der Waals surface area contributed by atoms with Gasteiger partial charge in [0, 0.05) is 12.1 Å². The zero-order valence-electron chi connectivity index (χ0n) is 15.1. The van der Waals surface area contributed by atoms with Crippen molar-refractivity contribution in [2.45, 2.75) is 31.3 Å². The van der Waals surface area contributed by atoms with Crippen LogP contribution in [0.3, 0.4) is 0 Å². The van der Waals surface area contributed by atoms with Gasteiger partial charge in [-0.2, -0.15) is 4.72 Å². The number of hydrogen-bond donors (Lipinski definition) is 2. The van der Waals surface area contributed by atoms with E-state index in [0.29, 0.717) is 5.75 Å². The predicted molar refractivity (Wildman–Crippen MR) is 100 cm³/mol. The molecule has 2 rings (SSSR count). The lowest BCUT2D eigenvalue weighted by Gasteiger charge is -2.22. The number of hydrogen-bond acceptors (Lipinski definition) is 4. The number of nitrogens with one attached hydrogen (secondary N) is 2. The molecule has 0 aliphatic carbocycles. The highest BCUT2D eigenvalue weighted by atomic mass is 32.2. The SMILES string of the molecule is COc1ccccc1CNC(=O)[C@H](NS(=O)(=O)c1ccccc1)C(C)C. The minimum atomic E-state index is -3.78. The smallest absolute Gasteiger partial charge is 0.241 e. The molecule has 0 heterocycles. The lowest BCUT2D eigenvalue weighted by molar-refractivity contribution is -0.123. The van der Waals surface area contributed by atoms with Crippen LogP contribution in [0, 0.1) is 5.92 Å². The summed E-state index contributed by atoms with van der Waals surface area (Å²) in [6.45, 7) is 3.83. The van der Waals surface area contributed by atoms with Gasteiger partial charge in [0.25, 0.3) is 0 Å². The monoisotopic (exact) mass is 376 g/mol. The first-order chi connectivity index (χ1) is 12.3. The second-order valence-corrected chi connectivity index (χ2v) is 7.90. The topological polar surface area (TPSA) is 84.5 Å². The largest absolute Gasteiger partial charge is 0.496 e. The number of sulfonamides is 1. The van der Waals surface area contributed by atoms with Gasteiger partial charge in [0.05, 0.1) is 12.0 Å². The van der Waals surface area contributed by atoms with Crippen LogP contribution in [-0.2, 0) is 21.4 Å². The van der Waals surface area contributed by atoms with E-state index in [1.807, 2.05) is 18.2 Å². The molecule has 0 bridgehead atoms. The van der Waals surface area contributed by atoms with Crippen molar-refractivity contribution < 1.29 is 17.9 Å². The fourth-order valence-electron chi connectivity index (χ4n) is 2.47. The van der Waals surface area contributed by atoms with Gasteiger partial charge in [-0.1, -0.05) is 50.2 Å². The molecule has 2 N–H and O–H groups in total. The number of para-hydroxylation sites is 1. The molecule has 7 heteroatoms.